The number of para-hydroxylation sites is 1. The Morgan fingerprint density at radius 1 is 1.25 bits per heavy atom. The van der Waals surface area contributed by atoms with E-state index < -0.39 is 24.5 Å². The quantitative estimate of drug-likeness (QED) is 0.738. The number of primary amides is 1. The van der Waals surface area contributed by atoms with Crippen molar-refractivity contribution in [2.24, 2.45) is 5.73 Å². The molecular weight excluding hydrogens is 264 g/mol. The molecule has 7 heteroatoms. The van der Waals surface area contributed by atoms with Gasteiger partial charge in [0.25, 0.3) is 5.91 Å². The molecule has 0 saturated heterocycles. The Morgan fingerprint density at radius 3 is 2.60 bits per heavy atom. The molecule has 0 aliphatic carbocycles. The zero-order chi connectivity index (χ0) is 15.0. The lowest BCUT2D eigenvalue weighted by Crippen LogP contribution is -2.37. The molecule has 0 atom stereocenters. The summed E-state index contributed by atoms with van der Waals surface area (Å²) in [5, 5.41) is 1.78. The van der Waals surface area contributed by atoms with E-state index in [1.807, 2.05) is 25.1 Å². The van der Waals surface area contributed by atoms with Gasteiger partial charge in [-0.05, 0) is 18.6 Å². The van der Waals surface area contributed by atoms with Crippen molar-refractivity contribution >= 4 is 17.9 Å². The second kappa shape index (κ2) is 7.78. The van der Waals surface area contributed by atoms with Crippen molar-refractivity contribution in [3.8, 4) is 5.75 Å². The number of amides is 3. The predicted molar refractivity (Wildman–Crippen MR) is 70.0 cm³/mol. The van der Waals surface area contributed by atoms with Crippen LogP contribution in [-0.4, -0.2) is 31.1 Å². The van der Waals surface area contributed by atoms with Crippen LogP contribution in [0.5, 0.6) is 5.75 Å². The van der Waals surface area contributed by atoms with Crippen LogP contribution in [0.4, 0.5) is 4.79 Å². The summed E-state index contributed by atoms with van der Waals surface area (Å²) < 4.78 is 10.0. The van der Waals surface area contributed by atoms with Gasteiger partial charge in [0.2, 0.25) is 0 Å². The van der Waals surface area contributed by atoms with Gasteiger partial charge in [-0.15, -0.1) is 0 Å². The Morgan fingerprint density at radius 2 is 1.95 bits per heavy atom. The van der Waals surface area contributed by atoms with Gasteiger partial charge in [-0.3, -0.25) is 14.9 Å². The molecule has 0 bridgehead atoms. The fourth-order valence-corrected chi connectivity index (χ4v) is 1.35. The first-order chi connectivity index (χ1) is 9.49. The lowest BCUT2D eigenvalue weighted by atomic mass is 10.2. The Kier molecular flexibility index (Phi) is 6.02. The lowest BCUT2D eigenvalue weighted by molar-refractivity contribution is -0.148. The van der Waals surface area contributed by atoms with E-state index in [1.165, 1.54) is 0 Å². The highest BCUT2D eigenvalue weighted by Crippen LogP contribution is 2.16. The third kappa shape index (κ3) is 5.85. The van der Waals surface area contributed by atoms with Crippen LogP contribution >= 0.6 is 0 Å². The van der Waals surface area contributed by atoms with Crippen molar-refractivity contribution in [1.82, 2.24) is 5.32 Å². The first-order valence-corrected chi connectivity index (χ1v) is 5.92. The van der Waals surface area contributed by atoms with Crippen molar-refractivity contribution in [2.75, 3.05) is 13.2 Å². The molecule has 0 aromatic heterocycles. The van der Waals surface area contributed by atoms with E-state index in [0.717, 1.165) is 5.56 Å². The maximum absolute atomic E-state index is 11.3. The number of ether oxygens (including phenoxy) is 2. The molecule has 0 saturated carbocycles. The maximum atomic E-state index is 11.3. The van der Waals surface area contributed by atoms with Crippen molar-refractivity contribution in [1.29, 1.82) is 0 Å². The second-order valence-electron chi connectivity index (χ2n) is 3.94. The van der Waals surface area contributed by atoms with Crippen LogP contribution in [0.15, 0.2) is 24.3 Å². The van der Waals surface area contributed by atoms with Gasteiger partial charge >= 0.3 is 12.0 Å². The summed E-state index contributed by atoms with van der Waals surface area (Å²) in [5.41, 5.74) is 5.69. The Bertz CT molecular complexity index is 501. The van der Waals surface area contributed by atoms with Gasteiger partial charge in [0.15, 0.2) is 6.61 Å². The van der Waals surface area contributed by atoms with Crippen molar-refractivity contribution < 1.29 is 23.9 Å². The minimum Gasteiger partial charge on any atom is -0.493 e. The molecule has 0 radical (unpaired) electrons. The minimum absolute atomic E-state index is 0.00180. The van der Waals surface area contributed by atoms with E-state index in [2.05, 4.69) is 4.74 Å². The van der Waals surface area contributed by atoms with Gasteiger partial charge in [-0.1, -0.05) is 18.2 Å². The summed E-state index contributed by atoms with van der Waals surface area (Å²) in [6.45, 7) is 1.48. The van der Waals surface area contributed by atoms with E-state index >= 15 is 0 Å². The molecule has 0 aliphatic rings. The van der Waals surface area contributed by atoms with E-state index in [4.69, 9.17) is 10.5 Å². The molecule has 7 nitrogen and oxygen atoms in total. The van der Waals surface area contributed by atoms with Crippen LogP contribution in [0, 0.1) is 6.92 Å². The highest BCUT2D eigenvalue weighted by atomic mass is 16.5. The molecule has 1 aromatic rings. The number of rotatable bonds is 6. The number of carbonyl (C=O) groups excluding carboxylic acids is 3. The molecule has 1 rings (SSSR count). The first kappa shape index (κ1) is 15.5. The van der Waals surface area contributed by atoms with Crippen LogP contribution in [0.2, 0.25) is 0 Å². The SMILES string of the molecule is Cc1ccccc1OCCC(=O)OCC(=O)NC(N)=O. The molecule has 0 fully saturated rings. The van der Waals surface area contributed by atoms with Gasteiger partial charge < -0.3 is 15.2 Å². The number of carbonyl (C=O) groups is 3. The van der Waals surface area contributed by atoms with E-state index in [1.54, 1.807) is 11.4 Å². The fourth-order valence-electron chi connectivity index (χ4n) is 1.35. The number of hydrogen-bond donors (Lipinski definition) is 2. The molecule has 0 unspecified atom stereocenters. The van der Waals surface area contributed by atoms with Crippen LogP contribution in [0.3, 0.4) is 0 Å². The lowest BCUT2D eigenvalue weighted by Gasteiger charge is -2.08. The van der Waals surface area contributed by atoms with Gasteiger partial charge in [0.05, 0.1) is 13.0 Å². The normalized spacial score (nSPS) is 9.65. The summed E-state index contributed by atoms with van der Waals surface area (Å²) in [5.74, 6) is -0.685. The summed E-state index contributed by atoms with van der Waals surface area (Å²) >= 11 is 0. The molecular formula is C13H16N2O5. The van der Waals surface area contributed by atoms with Crippen molar-refractivity contribution in [2.45, 2.75) is 13.3 Å². The number of urea groups is 1. The highest BCUT2D eigenvalue weighted by molar-refractivity contribution is 5.94. The number of hydrogen-bond acceptors (Lipinski definition) is 5. The Hall–Kier alpha value is -2.57. The topological polar surface area (TPSA) is 108 Å². The number of nitrogens with two attached hydrogens (primary N) is 1. The van der Waals surface area contributed by atoms with E-state index in [0.29, 0.717) is 5.75 Å². The largest absolute Gasteiger partial charge is 0.493 e. The van der Waals surface area contributed by atoms with Gasteiger partial charge in [0, 0.05) is 0 Å². The molecule has 0 aliphatic heterocycles. The van der Waals surface area contributed by atoms with Crippen molar-refractivity contribution in [3.05, 3.63) is 29.8 Å². The molecule has 3 N–H and O–H groups in total. The van der Waals surface area contributed by atoms with Crippen LogP contribution in [0.1, 0.15) is 12.0 Å². The van der Waals surface area contributed by atoms with Crippen LogP contribution in [-0.2, 0) is 14.3 Å². The Labute approximate surface area is 116 Å². The zero-order valence-electron chi connectivity index (χ0n) is 11.0. The average Bonchev–Trinajstić information content (AvgIpc) is 2.38. The maximum Gasteiger partial charge on any atom is 0.318 e. The van der Waals surface area contributed by atoms with E-state index in [9.17, 15) is 14.4 Å². The highest BCUT2D eigenvalue weighted by Gasteiger charge is 2.09. The molecule has 20 heavy (non-hydrogen) atoms. The second-order valence-corrected chi connectivity index (χ2v) is 3.94. The standard InChI is InChI=1S/C13H16N2O5/c1-9-4-2-3-5-10(9)19-7-6-12(17)20-8-11(16)15-13(14)18/h2-5H,6-8H2,1H3,(H3,14,15,16,18). The number of esters is 1. The fraction of sp³-hybridized carbons (Fsp3) is 0.308. The number of aryl methyl sites for hydroxylation is 1. The number of benzene rings is 1. The molecule has 108 valence electrons. The third-order valence-electron chi connectivity index (χ3n) is 2.28. The minimum atomic E-state index is -0.992. The first-order valence-electron chi connectivity index (χ1n) is 5.92. The molecule has 1 aromatic carbocycles. The van der Waals surface area contributed by atoms with Gasteiger partial charge in [-0.2, -0.15) is 0 Å². The Balaban J connectivity index is 2.22. The smallest absolute Gasteiger partial charge is 0.318 e. The van der Waals surface area contributed by atoms with Crippen molar-refractivity contribution in [3.63, 3.8) is 0 Å². The molecule has 3 amide bonds. The monoisotopic (exact) mass is 280 g/mol. The summed E-state index contributed by atoms with van der Waals surface area (Å²) in [7, 11) is 0. The van der Waals surface area contributed by atoms with Crippen LogP contribution in [0.25, 0.3) is 0 Å². The molecule has 0 spiro atoms. The predicted octanol–water partition coefficient (Wildman–Crippen LogP) is 0.502. The number of imide groups is 1. The number of nitrogens with one attached hydrogen (secondary N) is 1. The summed E-state index contributed by atoms with van der Waals surface area (Å²) in [4.78, 5) is 32.6. The third-order valence-corrected chi connectivity index (χ3v) is 2.28. The molecule has 0 heterocycles. The zero-order valence-corrected chi connectivity index (χ0v) is 11.0. The van der Waals surface area contributed by atoms with Crippen LogP contribution < -0.4 is 15.8 Å². The van der Waals surface area contributed by atoms with E-state index in [-0.39, 0.29) is 13.0 Å². The van der Waals surface area contributed by atoms with Gasteiger partial charge in [-0.25, -0.2) is 4.79 Å². The van der Waals surface area contributed by atoms with Gasteiger partial charge in [0.1, 0.15) is 5.75 Å². The summed E-state index contributed by atoms with van der Waals surface area (Å²) in [6, 6.07) is 6.40. The average molecular weight is 280 g/mol. The summed E-state index contributed by atoms with van der Waals surface area (Å²) in [6.07, 6.45) is -0.00180.